The van der Waals surface area contributed by atoms with E-state index in [1.807, 2.05) is 0 Å². The highest BCUT2D eigenvalue weighted by Gasteiger charge is 2.24. The molecule has 19 heavy (non-hydrogen) atoms. The number of rotatable bonds is 5. The molecule has 3 rings (SSSR count). The number of nitrogens with one attached hydrogen (secondary N) is 1. The molecule has 2 aliphatic rings. The molecule has 0 radical (unpaired) electrons. The first-order valence-corrected chi connectivity index (χ1v) is 7.51. The molecule has 1 fully saturated rings. The van der Waals surface area contributed by atoms with Crippen molar-refractivity contribution >= 4 is 5.69 Å². The van der Waals surface area contributed by atoms with Crippen LogP contribution in [-0.2, 0) is 11.2 Å². The molecule has 2 aliphatic heterocycles. The van der Waals surface area contributed by atoms with Crippen molar-refractivity contribution in [1.29, 1.82) is 0 Å². The number of fused-ring (bicyclic) bond motifs is 1. The summed E-state index contributed by atoms with van der Waals surface area (Å²) in [5.41, 5.74) is 2.92. The lowest BCUT2D eigenvalue weighted by atomic mass is 10.1. The van der Waals surface area contributed by atoms with E-state index >= 15 is 0 Å². The Morgan fingerprint density at radius 3 is 3.11 bits per heavy atom. The molecule has 1 aromatic rings. The summed E-state index contributed by atoms with van der Waals surface area (Å²) in [6.07, 6.45) is 4.07. The Hall–Kier alpha value is -1.06. The van der Waals surface area contributed by atoms with Gasteiger partial charge in [-0.15, -0.1) is 0 Å². The number of nitrogens with zero attached hydrogens (tertiary/aromatic N) is 1. The van der Waals surface area contributed by atoms with Gasteiger partial charge in [0, 0.05) is 38.0 Å². The Kier molecular flexibility index (Phi) is 4.04. The molecule has 2 unspecified atom stereocenters. The standard InChI is InChI=1S/C16H24N2O/c1-13-11-14-5-2-3-7-16(14)18(13)9-8-17-12-15-6-4-10-19-15/h2-3,5,7,13,15,17H,4,6,8-12H2,1H3. The van der Waals surface area contributed by atoms with Gasteiger partial charge in [-0.25, -0.2) is 0 Å². The summed E-state index contributed by atoms with van der Waals surface area (Å²) in [6, 6.07) is 9.42. The Morgan fingerprint density at radius 1 is 1.37 bits per heavy atom. The number of anilines is 1. The van der Waals surface area contributed by atoms with Crippen LogP contribution in [0.4, 0.5) is 5.69 Å². The molecule has 3 heteroatoms. The van der Waals surface area contributed by atoms with Gasteiger partial charge in [0.05, 0.1) is 6.10 Å². The lowest BCUT2D eigenvalue weighted by Crippen LogP contribution is -2.38. The number of para-hydroxylation sites is 1. The zero-order valence-corrected chi connectivity index (χ0v) is 11.8. The lowest BCUT2D eigenvalue weighted by molar-refractivity contribution is 0.110. The fourth-order valence-electron chi connectivity index (χ4n) is 3.24. The topological polar surface area (TPSA) is 24.5 Å². The fraction of sp³-hybridized carbons (Fsp3) is 0.625. The predicted molar refractivity (Wildman–Crippen MR) is 78.8 cm³/mol. The van der Waals surface area contributed by atoms with Crippen molar-refractivity contribution in [2.45, 2.75) is 38.3 Å². The van der Waals surface area contributed by atoms with Crippen LogP contribution in [0.3, 0.4) is 0 Å². The van der Waals surface area contributed by atoms with Gasteiger partial charge < -0.3 is 15.0 Å². The van der Waals surface area contributed by atoms with Gasteiger partial charge in [-0.2, -0.15) is 0 Å². The zero-order chi connectivity index (χ0) is 13.1. The van der Waals surface area contributed by atoms with Gasteiger partial charge in [0.25, 0.3) is 0 Å². The van der Waals surface area contributed by atoms with E-state index < -0.39 is 0 Å². The van der Waals surface area contributed by atoms with E-state index in [0.29, 0.717) is 12.1 Å². The Labute approximate surface area is 115 Å². The monoisotopic (exact) mass is 260 g/mol. The third-order valence-electron chi connectivity index (χ3n) is 4.27. The van der Waals surface area contributed by atoms with E-state index in [1.54, 1.807) is 0 Å². The van der Waals surface area contributed by atoms with Gasteiger partial charge in [-0.1, -0.05) is 18.2 Å². The van der Waals surface area contributed by atoms with E-state index in [0.717, 1.165) is 26.2 Å². The molecular weight excluding hydrogens is 236 g/mol. The van der Waals surface area contributed by atoms with Crippen LogP contribution >= 0.6 is 0 Å². The molecule has 0 saturated carbocycles. The summed E-state index contributed by atoms with van der Waals surface area (Å²) in [5.74, 6) is 0. The molecule has 0 bridgehead atoms. The van der Waals surface area contributed by atoms with Crippen LogP contribution in [0.25, 0.3) is 0 Å². The van der Waals surface area contributed by atoms with Gasteiger partial charge in [-0.05, 0) is 37.8 Å². The van der Waals surface area contributed by atoms with Gasteiger partial charge in [0.15, 0.2) is 0 Å². The first-order chi connectivity index (χ1) is 9.34. The highest BCUT2D eigenvalue weighted by atomic mass is 16.5. The van der Waals surface area contributed by atoms with Gasteiger partial charge in [0.2, 0.25) is 0 Å². The van der Waals surface area contributed by atoms with E-state index in [1.165, 1.54) is 30.5 Å². The first-order valence-electron chi connectivity index (χ1n) is 7.51. The maximum absolute atomic E-state index is 5.63. The van der Waals surface area contributed by atoms with Crippen LogP contribution in [0.1, 0.15) is 25.3 Å². The average molecular weight is 260 g/mol. The van der Waals surface area contributed by atoms with Crippen LogP contribution in [-0.4, -0.2) is 38.4 Å². The highest BCUT2D eigenvalue weighted by molar-refractivity contribution is 5.59. The molecule has 1 saturated heterocycles. The number of benzene rings is 1. The normalized spacial score (nSPS) is 25.8. The minimum absolute atomic E-state index is 0.447. The van der Waals surface area contributed by atoms with Crippen LogP contribution in [0.2, 0.25) is 0 Å². The molecule has 2 heterocycles. The summed E-state index contributed by atoms with van der Waals surface area (Å²) < 4.78 is 5.63. The zero-order valence-electron chi connectivity index (χ0n) is 11.8. The summed E-state index contributed by atoms with van der Waals surface area (Å²) in [4.78, 5) is 2.53. The van der Waals surface area contributed by atoms with Crippen molar-refractivity contribution in [2.75, 3.05) is 31.1 Å². The van der Waals surface area contributed by atoms with E-state index in [-0.39, 0.29) is 0 Å². The largest absolute Gasteiger partial charge is 0.377 e. The second-order valence-corrected chi connectivity index (χ2v) is 5.71. The summed E-state index contributed by atoms with van der Waals surface area (Å²) >= 11 is 0. The quantitative estimate of drug-likeness (QED) is 0.822. The molecule has 1 N–H and O–H groups in total. The molecule has 1 aromatic carbocycles. The van der Waals surface area contributed by atoms with E-state index in [2.05, 4.69) is 41.4 Å². The molecule has 2 atom stereocenters. The Balaban J connectivity index is 1.47. The van der Waals surface area contributed by atoms with E-state index in [4.69, 9.17) is 4.74 Å². The molecule has 0 aliphatic carbocycles. The number of hydrogen-bond donors (Lipinski definition) is 1. The van der Waals surface area contributed by atoms with Crippen LogP contribution in [0.5, 0.6) is 0 Å². The predicted octanol–water partition coefficient (Wildman–Crippen LogP) is 2.21. The second-order valence-electron chi connectivity index (χ2n) is 5.71. The van der Waals surface area contributed by atoms with Crippen molar-refractivity contribution in [3.8, 4) is 0 Å². The third kappa shape index (κ3) is 2.93. The number of hydrogen-bond acceptors (Lipinski definition) is 3. The SMILES string of the molecule is CC1Cc2ccccc2N1CCNCC1CCCO1. The summed E-state index contributed by atoms with van der Waals surface area (Å²) in [5, 5.41) is 3.54. The second kappa shape index (κ2) is 5.93. The van der Waals surface area contributed by atoms with Crippen molar-refractivity contribution in [3.05, 3.63) is 29.8 Å². The summed E-state index contributed by atoms with van der Waals surface area (Å²) in [6.45, 7) is 6.40. The van der Waals surface area contributed by atoms with Crippen LogP contribution in [0, 0.1) is 0 Å². The maximum atomic E-state index is 5.63. The van der Waals surface area contributed by atoms with E-state index in [9.17, 15) is 0 Å². The number of ether oxygens (including phenoxy) is 1. The minimum Gasteiger partial charge on any atom is -0.377 e. The Bertz CT molecular complexity index is 415. The van der Waals surface area contributed by atoms with Gasteiger partial charge >= 0.3 is 0 Å². The molecule has 0 spiro atoms. The van der Waals surface area contributed by atoms with Crippen molar-refractivity contribution in [3.63, 3.8) is 0 Å². The summed E-state index contributed by atoms with van der Waals surface area (Å²) in [7, 11) is 0. The molecule has 3 nitrogen and oxygen atoms in total. The minimum atomic E-state index is 0.447. The molecule has 0 aromatic heterocycles. The molecular formula is C16H24N2O. The van der Waals surface area contributed by atoms with Crippen LogP contribution < -0.4 is 10.2 Å². The van der Waals surface area contributed by atoms with Crippen molar-refractivity contribution < 1.29 is 4.74 Å². The third-order valence-corrected chi connectivity index (χ3v) is 4.27. The van der Waals surface area contributed by atoms with Crippen molar-refractivity contribution in [2.24, 2.45) is 0 Å². The highest BCUT2D eigenvalue weighted by Crippen LogP contribution is 2.31. The molecule has 0 amide bonds. The maximum Gasteiger partial charge on any atom is 0.0700 e. The molecule has 104 valence electrons. The van der Waals surface area contributed by atoms with Crippen LogP contribution in [0.15, 0.2) is 24.3 Å². The lowest BCUT2D eigenvalue weighted by Gasteiger charge is -2.25. The average Bonchev–Trinajstić information content (AvgIpc) is 3.02. The van der Waals surface area contributed by atoms with Crippen molar-refractivity contribution in [1.82, 2.24) is 5.32 Å². The van der Waals surface area contributed by atoms with Gasteiger partial charge in [-0.3, -0.25) is 0 Å². The smallest absolute Gasteiger partial charge is 0.0700 e. The first kappa shape index (κ1) is 12.9. The fourth-order valence-corrected chi connectivity index (χ4v) is 3.24. The Morgan fingerprint density at radius 2 is 2.26 bits per heavy atom. The van der Waals surface area contributed by atoms with Gasteiger partial charge in [0.1, 0.15) is 0 Å².